The van der Waals surface area contributed by atoms with Gasteiger partial charge in [0.1, 0.15) is 0 Å². The molecular weight excluding hydrogens is 427 g/mol. The Bertz CT molecular complexity index is 717. The molecule has 2 N–H and O–H groups in total. The van der Waals surface area contributed by atoms with Crippen molar-refractivity contribution in [1.82, 2.24) is 10.2 Å². The molecule has 1 aromatic rings. The van der Waals surface area contributed by atoms with Crippen molar-refractivity contribution in [1.29, 1.82) is 0 Å². The van der Waals surface area contributed by atoms with Crippen molar-refractivity contribution in [3.05, 3.63) is 32.5 Å². The fraction of sp³-hybridized carbons (Fsp3) is 0.375. The van der Waals surface area contributed by atoms with Gasteiger partial charge in [-0.25, -0.2) is 9.59 Å². The molecule has 0 bridgehead atoms. The van der Waals surface area contributed by atoms with Crippen LogP contribution in [0.4, 0.5) is 4.79 Å². The van der Waals surface area contributed by atoms with Crippen LogP contribution >= 0.6 is 22.6 Å². The van der Waals surface area contributed by atoms with E-state index in [1.54, 1.807) is 19.1 Å². The average Bonchev–Trinajstić information content (AvgIpc) is 2.56. The number of benzene rings is 1. The van der Waals surface area contributed by atoms with Gasteiger partial charge in [-0.05, 0) is 54.1 Å². The number of esters is 1. The zero-order valence-corrected chi connectivity index (χ0v) is 16.0. The van der Waals surface area contributed by atoms with Gasteiger partial charge in [0.2, 0.25) is 0 Å². The van der Waals surface area contributed by atoms with Crippen molar-refractivity contribution < 1.29 is 24.2 Å². The van der Waals surface area contributed by atoms with Crippen LogP contribution in [0.15, 0.2) is 23.4 Å². The van der Waals surface area contributed by atoms with Crippen LogP contribution in [-0.4, -0.2) is 42.8 Å². The summed E-state index contributed by atoms with van der Waals surface area (Å²) in [6, 6.07) is 2.31. The second-order valence-corrected chi connectivity index (χ2v) is 6.33. The first-order chi connectivity index (χ1) is 11.3. The molecule has 1 atom stereocenters. The summed E-state index contributed by atoms with van der Waals surface area (Å²) in [6.45, 7) is 3.97. The maximum Gasteiger partial charge on any atom is 0.337 e. The lowest BCUT2D eigenvalue weighted by Crippen LogP contribution is -2.47. The molecule has 0 aliphatic carbocycles. The monoisotopic (exact) mass is 446 g/mol. The van der Waals surface area contributed by atoms with E-state index >= 15 is 0 Å². The molecule has 0 fully saturated rings. The molecular formula is C16H19IN2O5. The molecule has 2 amide bonds. The van der Waals surface area contributed by atoms with Crippen LogP contribution in [0, 0.1) is 3.57 Å². The Hall–Kier alpha value is -1.97. The van der Waals surface area contributed by atoms with Crippen molar-refractivity contribution in [3.63, 3.8) is 0 Å². The first kappa shape index (κ1) is 18.4. The maximum absolute atomic E-state index is 12.3. The van der Waals surface area contributed by atoms with Gasteiger partial charge in [-0.3, -0.25) is 4.90 Å². The summed E-state index contributed by atoms with van der Waals surface area (Å²) >= 11 is 1.97. The number of halogens is 1. The third-order valence-corrected chi connectivity index (χ3v) is 4.74. The lowest BCUT2D eigenvalue weighted by atomic mass is 9.94. The Balaban J connectivity index is 2.63. The van der Waals surface area contributed by atoms with Gasteiger partial charge in [-0.15, -0.1) is 0 Å². The highest BCUT2D eigenvalue weighted by Gasteiger charge is 2.36. The lowest BCUT2D eigenvalue weighted by Gasteiger charge is -2.34. The number of rotatable bonds is 4. The van der Waals surface area contributed by atoms with Crippen LogP contribution < -0.4 is 10.1 Å². The molecule has 24 heavy (non-hydrogen) atoms. The number of hydrogen-bond acceptors (Lipinski definition) is 5. The van der Waals surface area contributed by atoms with E-state index in [4.69, 9.17) is 9.47 Å². The van der Waals surface area contributed by atoms with Crippen LogP contribution in [0.1, 0.15) is 25.5 Å². The normalized spacial score (nSPS) is 17.6. The number of nitrogens with one attached hydrogen (secondary N) is 1. The minimum atomic E-state index is -0.684. The SMILES string of the molecule is CCN1C(=O)NC(c2cc(I)c(O)c(OC)c2)C(C(=O)OC)=C1C. The number of hydrogen-bond donors (Lipinski definition) is 2. The van der Waals surface area contributed by atoms with Gasteiger partial charge in [0.25, 0.3) is 0 Å². The molecule has 0 spiro atoms. The molecule has 0 saturated carbocycles. The molecule has 2 rings (SSSR count). The minimum Gasteiger partial charge on any atom is -0.504 e. The van der Waals surface area contributed by atoms with Gasteiger partial charge < -0.3 is 19.9 Å². The first-order valence-electron chi connectivity index (χ1n) is 7.29. The van der Waals surface area contributed by atoms with Crippen LogP contribution in [0.5, 0.6) is 11.5 Å². The van der Waals surface area contributed by atoms with E-state index in [9.17, 15) is 14.7 Å². The minimum absolute atomic E-state index is 0.0134. The van der Waals surface area contributed by atoms with Crippen molar-refractivity contribution in [2.75, 3.05) is 20.8 Å². The van der Waals surface area contributed by atoms with E-state index in [-0.39, 0.29) is 17.5 Å². The number of methoxy groups -OCH3 is 2. The Labute approximate surface area is 153 Å². The third-order valence-electron chi connectivity index (χ3n) is 3.92. The number of aromatic hydroxyl groups is 1. The summed E-state index contributed by atoms with van der Waals surface area (Å²) in [4.78, 5) is 26.1. The molecule has 8 heteroatoms. The highest BCUT2D eigenvalue weighted by molar-refractivity contribution is 14.1. The second kappa shape index (κ2) is 7.29. The summed E-state index contributed by atoms with van der Waals surface area (Å²) in [5.41, 5.74) is 1.51. The van der Waals surface area contributed by atoms with Gasteiger partial charge in [0.15, 0.2) is 11.5 Å². The zero-order chi connectivity index (χ0) is 18.0. The molecule has 1 aromatic carbocycles. The Morgan fingerprint density at radius 1 is 1.42 bits per heavy atom. The number of phenolic OH excluding ortho intramolecular Hbond substituents is 1. The Morgan fingerprint density at radius 2 is 2.08 bits per heavy atom. The summed E-state index contributed by atoms with van der Waals surface area (Å²) in [5.74, 6) is -0.233. The number of carbonyl (C=O) groups excluding carboxylic acids is 2. The average molecular weight is 446 g/mol. The fourth-order valence-corrected chi connectivity index (χ4v) is 3.33. The highest BCUT2D eigenvalue weighted by Crippen LogP contribution is 2.38. The zero-order valence-electron chi connectivity index (χ0n) is 13.8. The van der Waals surface area contributed by atoms with E-state index < -0.39 is 12.0 Å². The number of ether oxygens (including phenoxy) is 2. The highest BCUT2D eigenvalue weighted by atomic mass is 127. The number of nitrogens with zero attached hydrogens (tertiary/aromatic N) is 1. The molecule has 7 nitrogen and oxygen atoms in total. The predicted molar refractivity (Wildman–Crippen MR) is 95.7 cm³/mol. The lowest BCUT2D eigenvalue weighted by molar-refractivity contribution is -0.136. The standard InChI is InChI=1S/C16H19IN2O5/c1-5-19-8(2)12(15(21)24-4)13(18-16(19)22)9-6-10(17)14(20)11(7-9)23-3/h6-7,13,20H,5H2,1-4H3,(H,18,22). The molecule has 0 saturated heterocycles. The van der Waals surface area contributed by atoms with Gasteiger partial charge >= 0.3 is 12.0 Å². The third kappa shape index (κ3) is 3.14. The maximum atomic E-state index is 12.3. The van der Waals surface area contributed by atoms with Crippen molar-refractivity contribution >= 4 is 34.6 Å². The van der Waals surface area contributed by atoms with Crippen LogP contribution in [0.3, 0.4) is 0 Å². The second-order valence-electron chi connectivity index (χ2n) is 5.17. The van der Waals surface area contributed by atoms with Crippen LogP contribution in [0.2, 0.25) is 0 Å². The van der Waals surface area contributed by atoms with Gasteiger partial charge in [-0.1, -0.05) is 0 Å². The molecule has 0 aromatic heterocycles. The van der Waals surface area contributed by atoms with Crippen molar-refractivity contribution in [3.8, 4) is 11.5 Å². The van der Waals surface area contributed by atoms with Crippen molar-refractivity contribution in [2.45, 2.75) is 19.9 Å². The number of amides is 2. The van der Waals surface area contributed by atoms with Crippen LogP contribution in [-0.2, 0) is 9.53 Å². The predicted octanol–water partition coefficient (Wildman–Crippen LogP) is 2.54. The van der Waals surface area contributed by atoms with E-state index in [1.807, 2.05) is 29.5 Å². The molecule has 1 heterocycles. The number of allylic oxidation sites excluding steroid dienone is 1. The first-order valence-corrected chi connectivity index (χ1v) is 8.37. The summed E-state index contributed by atoms with van der Waals surface area (Å²) < 4.78 is 10.6. The number of urea groups is 1. The van der Waals surface area contributed by atoms with Gasteiger partial charge in [-0.2, -0.15) is 0 Å². The number of carbonyl (C=O) groups is 2. The van der Waals surface area contributed by atoms with E-state index in [1.165, 1.54) is 19.1 Å². The molecule has 1 unspecified atom stereocenters. The van der Waals surface area contributed by atoms with Crippen molar-refractivity contribution in [2.24, 2.45) is 0 Å². The fourth-order valence-electron chi connectivity index (χ4n) is 2.70. The van der Waals surface area contributed by atoms with Gasteiger partial charge in [0.05, 0.1) is 29.4 Å². The van der Waals surface area contributed by atoms with E-state index in [2.05, 4.69) is 5.32 Å². The smallest absolute Gasteiger partial charge is 0.337 e. The molecule has 1 aliphatic heterocycles. The summed E-state index contributed by atoms with van der Waals surface area (Å²) in [6.07, 6.45) is 0. The van der Waals surface area contributed by atoms with E-state index in [0.717, 1.165) is 0 Å². The van der Waals surface area contributed by atoms with Gasteiger partial charge in [0, 0.05) is 12.2 Å². The van der Waals surface area contributed by atoms with E-state index in [0.29, 0.717) is 26.9 Å². The van der Waals surface area contributed by atoms with Crippen LogP contribution in [0.25, 0.3) is 0 Å². The largest absolute Gasteiger partial charge is 0.504 e. The molecule has 1 aliphatic rings. The molecule has 0 radical (unpaired) electrons. The number of phenols is 1. The Kier molecular flexibility index (Phi) is 5.58. The summed E-state index contributed by atoms with van der Waals surface area (Å²) in [7, 11) is 2.74. The topological polar surface area (TPSA) is 88.1 Å². The Morgan fingerprint density at radius 3 is 2.62 bits per heavy atom. The summed E-state index contributed by atoms with van der Waals surface area (Å²) in [5, 5.41) is 12.8. The molecule has 130 valence electrons. The quantitative estimate of drug-likeness (QED) is 0.549.